The molecule has 66 valence electrons. The summed E-state index contributed by atoms with van der Waals surface area (Å²) in [6.45, 7) is 3.15. The predicted octanol–water partition coefficient (Wildman–Crippen LogP) is 0.330. The molecule has 0 saturated carbocycles. The normalized spacial score (nSPS) is 14.4. The highest BCUT2D eigenvalue weighted by Crippen LogP contribution is 2.01. The molecule has 1 unspecified atom stereocenters. The maximum Gasteiger partial charge on any atom is 0.267 e. The second-order valence-corrected chi connectivity index (χ2v) is 3.91. The second-order valence-electron chi connectivity index (χ2n) is 2.03. The topological polar surface area (TPSA) is 60.4 Å². The Hall–Kier alpha value is -0.420. The Morgan fingerprint density at radius 3 is 2.27 bits per heavy atom. The summed E-state index contributed by atoms with van der Waals surface area (Å²) in [6.07, 6.45) is 0.0515. The lowest BCUT2D eigenvalue weighted by Gasteiger charge is -2.07. The molecule has 0 spiro atoms. The van der Waals surface area contributed by atoms with Crippen LogP contribution in [0.15, 0.2) is 0 Å². The van der Waals surface area contributed by atoms with Crippen molar-refractivity contribution >= 4 is 16.4 Å². The van der Waals surface area contributed by atoms with Crippen molar-refractivity contribution < 1.29 is 17.4 Å². The van der Waals surface area contributed by atoms with Gasteiger partial charge in [0.25, 0.3) is 10.1 Å². The van der Waals surface area contributed by atoms with Crippen molar-refractivity contribution in [3.8, 4) is 0 Å². The average Bonchev–Trinajstić information content (AvgIpc) is 2.00. The number of carbonyl (C=O) groups excluding carboxylic acids is 1. The van der Waals surface area contributed by atoms with Gasteiger partial charge >= 0.3 is 0 Å². The Morgan fingerprint density at radius 1 is 1.45 bits per heavy atom. The van der Waals surface area contributed by atoms with Crippen LogP contribution >= 0.6 is 0 Å². The minimum Gasteiger partial charge on any atom is -0.300 e. The SMILES string of the molecule is CCC(C=O)OS(=O)(=O)CC. The van der Waals surface area contributed by atoms with Crippen molar-refractivity contribution in [2.45, 2.75) is 26.4 Å². The maximum absolute atomic E-state index is 10.7. The number of hydrogen-bond donors (Lipinski definition) is 0. The van der Waals surface area contributed by atoms with Crippen molar-refractivity contribution in [2.24, 2.45) is 0 Å². The lowest BCUT2D eigenvalue weighted by Crippen LogP contribution is -2.20. The van der Waals surface area contributed by atoms with Gasteiger partial charge in [-0.1, -0.05) is 6.92 Å². The molecule has 0 aromatic rings. The van der Waals surface area contributed by atoms with Crippen LogP contribution in [0.1, 0.15) is 20.3 Å². The lowest BCUT2D eigenvalue weighted by atomic mass is 10.3. The third-order valence-electron chi connectivity index (χ3n) is 1.18. The molecule has 0 aliphatic heterocycles. The van der Waals surface area contributed by atoms with E-state index in [9.17, 15) is 13.2 Å². The number of aldehydes is 1. The van der Waals surface area contributed by atoms with Gasteiger partial charge in [-0.15, -0.1) is 0 Å². The van der Waals surface area contributed by atoms with Crippen molar-refractivity contribution in [2.75, 3.05) is 5.75 Å². The summed E-state index contributed by atoms with van der Waals surface area (Å²) in [5.41, 5.74) is 0. The fraction of sp³-hybridized carbons (Fsp3) is 0.833. The maximum atomic E-state index is 10.7. The summed E-state index contributed by atoms with van der Waals surface area (Å²) in [5.74, 6) is -0.0999. The molecule has 0 heterocycles. The summed E-state index contributed by atoms with van der Waals surface area (Å²) in [7, 11) is -3.47. The largest absolute Gasteiger partial charge is 0.300 e. The van der Waals surface area contributed by atoms with Gasteiger partial charge in [0.15, 0.2) is 0 Å². The van der Waals surface area contributed by atoms with Crippen molar-refractivity contribution in [1.82, 2.24) is 0 Å². The first-order valence-electron chi connectivity index (χ1n) is 3.42. The van der Waals surface area contributed by atoms with Gasteiger partial charge < -0.3 is 4.79 Å². The standard InChI is InChI=1S/C6H12O4S/c1-3-6(5-7)10-11(8,9)4-2/h5-6H,3-4H2,1-2H3. The third-order valence-corrected chi connectivity index (χ3v) is 2.43. The van der Waals surface area contributed by atoms with Gasteiger partial charge in [0.05, 0.1) is 5.75 Å². The van der Waals surface area contributed by atoms with E-state index < -0.39 is 16.2 Å². The van der Waals surface area contributed by atoms with Crippen LogP contribution in [-0.4, -0.2) is 26.6 Å². The van der Waals surface area contributed by atoms with E-state index >= 15 is 0 Å². The Labute approximate surface area is 66.7 Å². The lowest BCUT2D eigenvalue weighted by molar-refractivity contribution is -0.113. The third kappa shape index (κ3) is 4.10. The molecule has 0 fully saturated rings. The van der Waals surface area contributed by atoms with Crippen LogP contribution < -0.4 is 0 Å². The summed E-state index contributed by atoms with van der Waals surface area (Å²) < 4.78 is 26.0. The van der Waals surface area contributed by atoms with Crippen LogP contribution in [0.5, 0.6) is 0 Å². The molecule has 1 atom stereocenters. The first kappa shape index (κ1) is 10.6. The summed E-state index contributed by atoms with van der Waals surface area (Å²) in [5, 5.41) is 0. The van der Waals surface area contributed by atoms with E-state index in [1.54, 1.807) is 6.92 Å². The van der Waals surface area contributed by atoms with Crippen LogP contribution in [0.2, 0.25) is 0 Å². The number of rotatable bonds is 5. The van der Waals surface area contributed by atoms with Gasteiger partial charge in [-0.3, -0.25) is 4.18 Å². The van der Waals surface area contributed by atoms with Crippen LogP contribution in [0, 0.1) is 0 Å². The molecule has 0 bridgehead atoms. The van der Waals surface area contributed by atoms with Gasteiger partial charge in [0.1, 0.15) is 12.4 Å². The molecule has 0 saturated heterocycles. The van der Waals surface area contributed by atoms with E-state index in [1.807, 2.05) is 0 Å². The summed E-state index contributed by atoms with van der Waals surface area (Å²) in [4.78, 5) is 10.1. The fourth-order valence-electron chi connectivity index (χ4n) is 0.443. The molecule has 0 rings (SSSR count). The Morgan fingerprint density at radius 2 is 2.00 bits per heavy atom. The molecule has 0 aliphatic carbocycles. The van der Waals surface area contributed by atoms with Crippen molar-refractivity contribution in [1.29, 1.82) is 0 Å². The zero-order chi connectivity index (χ0) is 8.91. The van der Waals surface area contributed by atoms with Gasteiger partial charge in [-0.05, 0) is 13.3 Å². The van der Waals surface area contributed by atoms with E-state index in [0.717, 1.165) is 0 Å². The molecule has 5 heteroatoms. The monoisotopic (exact) mass is 180 g/mol. The van der Waals surface area contributed by atoms with E-state index in [1.165, 1.54) is 6.92 Å². The molecular formula is C6H12O4S. The van der Waals surface area contributed by atoms with E-state index in [2.05, 4.69) is 4.18 Å². The second kappa shape index (κ2) is 4.46. The summed E-state index contributed by atoms with van der Waals surface area (Å²) >= 11 is 0. The Bertz CT molecular complexity index is 207. The van der Waals surface area contributed by atoms with Crippen LogP contribution in [0.25, 0.3) is 0 Å². The van der Waals surface area contributed by atoms with Gasteiger partial charge in [0.2, 0.25) is 0 Å². The van der Waals surface area contributed by atoms with Crippen LogP contribution in [-0.2, 0) is 19.1 Å². The van der Waals surface area contributed by atoms with Crippen LogP contribution in [0.3, 0.4) is 0 Å². The molecule has 0 radical (unpaired) electrons. The van der Waals surface area contributed by atoms with Gasteiger partial charge in [0, 0.05) is 0 Å². The fourth-order valence-corrected chi connectivity index (χ4v) is 1.14. The molecule has 0 aromatic carbocycles. The predicted molar refractivity (Wildman–Crippen MR) is 40.7 cm³/mol. The smallest absolute Gasteiger partial charge is 0.267 e. The zero-order valence-corrected chi connectivity index (χ0v) is 7.43. The Balaban J connectivity index is 4.12. The molecule has 0 aliphatic rings. The number of hydrogen-bond acceptors (Lipinski definition) is 4. The highest BCUT2D eigenvalue weighted by atomic mass is 32.2. The molecule has 0 aromatic heterocycles. The van der Waals surface area contributed by atoms with Crippen LogP contribution in [0.4, 0.5) is 0 Å². The Kier molecular flexibility index (Phi) is 4.29. The summed E-state index contributed by atoms with van der Waals surface area (Å²) in [6, 6.07) is 0. The van der Waals surface area contributed by atoms with Gasteiger partial charge in [-0.25, -0.2) is 0 Å². The van der Waals surface area contributed by atoms with E-state index in [4.69, 9.17) is 0 Å². The molecule has 11 heavy (non-hydrogen) atoms. The first-order valence-corrected chi connectivity index (χ1v) is 4.99. The van der Waals surface area contributed by atoms with Gasteiger partial charge in [-0.2, -0.15) is 8.42 Å². The minimum atomic E-state index is -3.47. The molecule has 0 N–H and O–H groups in total. The molecule has 0 amide bonds. The van der Waals surface area contributed by atoms with Crippen molar-refractivity contribution in [3.63, 3.8) is 0 Å². The van der Waals surface area contributed by atoms with E-state index in [0.29, 0.717) is 12.7 Å². The average molecular weight is 180 g/mol. The van der Waals surface area contributed by atoms with E-state index in [-0.39, 0.29) is 5.75 Å². The quantitative estimate of drug-likeness (QED) is 0.452. The van der Waals surface area contributed by atoms with Crippen molar-refractivity contribution in [3.05, 3.63) is 0 Å². The highest BCUT2D eigenvalue weighted by Gasteiger charge is 2.14. The number of carbonyl (C=O) groups is 1. The molecular weight excluding hydrogens is 168 g/mol. The highest BCUT2D eigenvalue weighted by molar-refractivity contribution is 7.86. The first-order chi connectivity index (χ1) is 5.05. The zero-order valence-electron chi connectivity index (χ0n) is 6.61. The minimum absolute atomic E-state index is 0.0999. The molecule has 4 nitrogen and oxygen atoms in total.